The number of carbonyl (C=O) groups is 1. The molecule has 4 aromatic carbocycles. The van der Waals surface area contributed by atoms with Crippen molar-refractivity contribution in [3.05, 3.63) is 54.6 Å². The first-order valence-electron chi connectivity index (χ1n) is 6.80. The molecule has 4 rings (SSSR count). The SMILES string of the molecule is O=C(CI)Nc1ccc2ccc3cccc4ccc1c2c34. The molecule has 0 saturated carbocycles. The maximum atomic E-state index is 11.7. The molecule has 2 nitrogen and oxygen atoms in total. The van der Waals surface area contributed by atoms with Crippen molar-refractivity contribution in [1.29, 1.82) is 0 Å². The van der Waals surface area contributed by atoms with Crippen LogP contribution in [0.2, 0.25) is 0 Å². The molecule has 4 aromatic rings. The van der Waals surface area contributed by atoms with E-state index in [2.05, 4.69) is 76.4 Å². The van der Waals surface area contributed by atoms with Gasteiger partial charge < -0.3 is 5.32 Å². The summed E-state index contributed by atoms with van der Waals surface area (Å²) in [6, 6.07) is 19.0. The zero-order chi connectivity index (χ0) is 14.4. The molecule has 1 amide bonds. The van der Waals surface area contributed by atoms with E-state index >= 15 is 0 Å². The van der Waals surface area contributed by atoms with Crippen LogP contribution in [0.15, 0.2) is 54.6 Å². The summed E-state index contributed by atoms with van der Waals surface area (Å²) in [4.78, 5) is 11.7. The Morgan fingerprint density at radius 1 is 0.857 bits per heavy atom. The number of alkyl halides is 1. The van der Waals surface area contributed by atoms with Crippen molar-refractivity contribution in [3.8, 4) is 0 Å². The Balaban J connectivity index is 2.13. The van der Waals surface area contributed by atoms with Crippen molar-refractivity contribution >= 4 is 66.5 Å². The molecule has 1 N–H and O–H groups in total. The van der Waals surface area contributed by atoms with E-state index in [-0.39, 0.29) is 5.91 Å². The number of halogens is 1. The second kappa shape index (κ2) is 4.84. The summed E-state index contributed by atoms with van der Waals surface area (Å²) in [5.41, 5.74) is 0.891. The van der Waals surface area contributed by atoms with Crippen molar-refractivity contribution in [1.82, 2.24) is 0 Å². The van der Waals surface area contributed by atoms with Gasteiger partial charge in [-0.05, 0) is 33.0 Å². The molecular weight excluding hydrogens is 373 g/mol. The van der Waals surface area contributed by atoms with E-state index in [0.29, 0.717) is 4.43 Å². The summed E-state index contributed by atoms with van der Waals surface area (Å²) in [6.45, 7) is 0. The number of rotatable bonds is 2. The van der Waals surface area contributed by atoms with Crippen LogP contribution in [0.4, 0.5) is 5.69 Å². The number of carbonyl (C=O) groups excluding carboxylic acids is 1. The Hall–Kier alpha value is -1.88. The standard InChI is InChI=1S/C18H12INO/c19-10-16(21)20-15-9-7-13-5-4-11-2-1-3-12-6-8-14(15)18(13)17(11)12/h1-9H,10H2,(H,20,21). The van der Waals surface area contributed by atoms with Gasteiger partial charge in [0, 0.05) is 11.1 Å². The molecule has 21 heavy (non-hydrogen) atoms. The smallest absolute Gasteiger partial charge is 0.234 e. The summed E-state index contributed by atoms with van der Waals surface area (Å²) >= 11 is 2.08. The summed E-state index contributed by atoms with van der Waals surface area (Å²) in [7, 11) is 0. The molecule has 0 fully saturated rings. The topological polar surface area (TPSA) is 29.1 Å². The van der Waals surface area contributed by atoms with Gasteiger partial charge in [-0.15, -0.1) is 0 Å². The van der Waals surface area contributed by atoms with Gasteiger partial charge in [0.1, 0.15) is 0 Å². The highest BCUT2D eigenvalue weighted by Gasteiger charge is 2.11. The lowest BCUT2D eigenvalue weighted by atomic mass is 9.93. The van der Waals surface area contributed by atoms with Crippen LogP contribution in [0.5, 0.6) is 0 Å². The maximum Gasteiger partial charge on any atom is 0.234 e. The lowest BCUT2D eigenvalue weighted by molar-refractivity contribution is -0.113. The van der Waals surface area contributed by atoms with E-state index in [1.54, 1.807) is 0 Å². The highest BCUT2D eigenvalue weighted by Crippen LogP contribution is 2.37. The van der Waals surface area contributed by atoms with Crippen LogP contribution in [-0.2, 0) is 4.79 Å². The molecular formula is C18H12INO. The van der Waals surface area contributed by atoms with E-state index in [1.807, 2.05) is 6.07 Å². The quantitative estimate of drug-likeness (QED) is 0.295. The number of hydrogen-bond donors (Lipinski definition) is 1. The van der Waals surface area contributed by atoms with Gasteiger partial charge in [-0.25, -0.2) is 0 Å². The van der Waals surface area contributed by atoms with Gasteiger partial charge in [0.15, 0.2) is 0 Å². The van der Waals surface area contributed by atoms with E-state index in [4.69, 9.17) is 0 Å². The molecule has 0 aliphatic heterocycles. The van der Waals surface area contributed by atoms with Crippen molar-refractivity contribution in [2.45, 2.75) is 0 Å². The zero-order valence-corrected chi connectivity index (χ0v) is 13.3. The van der Waals surface area contributed by atoms with Gasteiger partial charge >= 0.3 is 0 Å². The molecule has 0 saturated heterocycles. The summed E-state index contributed by atoms with van der Waals surface area (Å²) in [5, 5.41) is 10.3. The van der Waals surface area contributed by atoms with Crippen molar-refractivity contribution < 1.29 is 4.79 Å². The minimum Gasteiger partial charge on any atom is -0.325 e. The molecule has 0 aromatic heterocycles. The molecule has 0 atom stereocenters. The zero-order valence-electron chi connectivity index (χ0n) is 11.2. The van der Waals surface area contributed by atoms with Crippen LogP contribution in [-0.4, -0.2) is 10.3 Å². The average Bonchev–Trinajstić information content (AvgIpc) is 2.53. The Labute approximate surface area is 135 Å². The first-order valence-corrected chi connectivity index (χ1v) is 8.33. The molecule has 0 radical (unpaired) electrons. The summed E-state index contributed by atoms with van der Waals surface area (Å²) < 4.78 is 0.458. The molecule has 0 heterocycles. The van der Waals surface area contributed by atoms with Gasteiger partial charge in [0.25, 0.3) is 0 Å². The summed E-state index contributed by atoms with van der Waals surface area (Å²) in [6.07, 6.45) is 0. The average molecular weight is 385 g/mol. The van der Waals surface area contributed by atoms with E-state index in [1.165, 1.54) is 26.9 Å². The lowest BCUT2D eigenvalue weighted by Gasteiger charge is -2.14. The third-order valence-corrected chi connectivity index (χ3v) is 4.62. The summed E-state index contributed by atoms with van der Waals surface area (Å²) in [5.74, 6) is 0.0330. The molecule has 0 spiro atoms. The fourth-order valence-corrected chi connectivity index (χ4v) is 3.22. The van der Waals surface area contributed by atoms with Crippen LogP contribution >= 0.6 is 22.6 Å². The van der Waals surface area contributed by atoms with Gasteiger partial charge in [0.05, 0.1) is 4.43 Å². The van der Waals surface area contributed by atoms with Crippen LogP contribution in [0.1, 0.15) is 0 Å². The van der Waals surface area contributed by atoms with Crippen LogP contribution < -0.4 is 5.32 Å². The highest BCUT2D eigenvalue weighted by molar-refractivity contribution is 14.1. The number of anilines is 1. The first kappa shape index (κ1) is 12.8. The molecule has 0 aliphatic carbocycles. The Morgan fingerprint density at radius 2 is 1.48 bits per heavy atom. The highest BCUT2D eigenvalue weighted by atomic mass is 127. The Bertz CT molecular complexity index is 961. The van der Waals surface area contributed by atoms with Crippen LogP contribution in [0, 0.1) is 0 Å². The van der Waals surface area contributed by atoms with Gasteiger partial charge in [0.2, 0.25) is 5.91 Å². The monoisotopic (exact) mass is 385 g/mol. The van der Waals surface area contributed by atoms with E-state index in [9.17, 15) is 4.79 Å². The largest absolute Gasteiger partial charge is 0.325 e. The molecule has 3 heteroatoms. The third kappa shape index (κ3) is 1.95. The predicted molar refractivity (Wildman–Crippen MR) is 97.7 cm³/mol. The van der Waals surface area contributed by atoms with Gasteiger partial charge in [-0.3, -0.25) is 4.79 Å². The van der Waals surface area contributed by atoms with E-state index < -0.39 is 0 Å². The number of benzene rings is 4. The minimum absolute atomic E-state index is 0.0330. The molecule has 0 aliphatic rings. The lowest BCUT2D eigenvalue weighted by Crippen LogP contribution is -2.12. The Morgan fingerprint density at radius 3 is 2.19 bits per heavy atom. The fraction of sp³-hybridized carbons (Fsp3) is 0.0556. The second-order valence-corrected chi connectivity index (χ2v) is 5.91. The number of amides is 1. The molecule has 102 valence electrons. The van der Waals surface area contributed by atoms with Crippen molar-refractivity contribution in [2.75, 3.05) is 9.74 Å². The fourth-order valence-electron chi connectivity index (χ4n) is 3.03. The maximum absolute atomic E-state index is 11.7. The van der Waals surface area contributed by atoms with Crippen molar-refractivity contribution in [3.63, 3.8) is 0 Å². The van der Waals surface area contributed by atoms with Crippen LogP contribution in [0.3, 0.4) is 0 Å². The van der Waals surface area contributed by atoms with Crippen LogP contribution in [0.25, 0.3) is 32.3 Å². The first-order chi connectivity index (χ1) is 10.3. The number of hydrogen-bond acceptors (Lipinski definition) is 1. The van der Waals surface area contributed by atoms with Gasteiger partial charge in [-0.2, -0.15) is 0 Å². The third-order valence-electron chi connectivity index (χ3n) is 3.92. The van der Waals surface area contributed by atoms with E-state index in [0.717, 1.165) is 11.1 Å². The normalized spacial score (nSPS) is 11.5. The molecule has 0 bridgehead atoms. The predicted octanol–water partition coefficient (Wildman–Crippen LogP) is 4.96. The van der Waals surface area contributed by atoms with Crippen molar-refractivity contribution in [2.24, 2.45) is 0 Å². The second-order valence-electron chi connectivity index (χ2n) is 5.15. The van der Waals surface area contributed by atoms with Gasteiger partial charge in [-0.1, -0.05) is 71.1 Å². The number of nitrogens with one attached hydrogen (secondary N) is 1. The minimum atomic E-state index is 0.0330. The Kier molecular flexibility index (Phi) is 2.96. The molecule has 0 unspecified atom stereocenters.